The molecule has 33 heavy (non-hydrogen) atoms. The standard InChI is InChI=1S/C20H11Cl3F3N3O4/c1-33-19(32)10-4-2-3-5-14(10)27-18(31)15-11(8-30)17(23)29(28-15)16-12(21)6-9(7-13(16)22)20(24,25)26/h2-8H,1H3,(H,27,31). The van der Waals surface area contributed by atoms with Crippen LogP contribution in [0.3, 0.4) is 0 Å². The molecule has 0 aliphatic rings. The third kappa shape index (κ3) is 4.82. The Bertz CT molecular complexity index is 1250. The first-order valence-electron chi connectivity index (χ1n) is 8.78. The van der Waals surface area contributed by atoms with E-state index in [4.69, 9.17) is 34.8 Å². The van der Waals surface area contributed by atoms with Gasteiger partial charge in [-0.3, -0.25) is 9.59 Å². The number of aldehydes is 1. The van der Waals surface area contributed by atoms with E-state index in [2.05, 4.69) is 15.2 Å². The smallest absolute Gasteiger partial charge is 0.416 e. The van der Waals surface area contributed by atoms with Gasteiger partial charge in [0.15, 0.2) is 12.0 Å². The molecule has 0 saturated heterocycles. The molecule has 0 radical (unpaired) electrons. The number of hydrogen-bond donors (Lipinski definition) is 1. The SMILES string of the molecule is COC(=O)c1ccccc1NC(=O)c1nn(-c2c(Cl)cc(C(F)(F)F)cc2Cl)c(Cl)c1C=O. The third-order valence-electron chi connectivity index (χ3n) is 4.33. The second kappa shape index (κ2) is 9.42. The molecule has 0 fully saturated rings. The van der Waals surface area contributed by atoms with E-state index >= 15 is 0 Å². The highest BCUT2D eigenvalue weighted by Gasteiger charge is 2.33. The van der Waals surface area contributed by atoms with Gasteiger partial charge in [-0.15, -0.1) is 0 Å². The van der Waals surface area contributed by atoms with Gasteiger partial charge in [-0.2, -0.15) is 18.3 Å². The van der Waals surface area contributed by atoms with Crippen molar-refractivity contribution in [3.8, 4) is 5.69 Å². The van der Waals surface area contributed by atoms with E-state index in [1.165, 1.54) is 18.2 Å². The van der Waals surface area contributed by atoms with Crippen molar-refractivity contribution in [3.05, 3.63) is 74.0 Å². The molecule has 1 aromatic heterocycles. The minimum atomic E-state index is -4.72. The zero-order valence-corrected chi connectivity index (χ0v) is 18.6. The number of carbonyl (C=O) groups excluding carboxylic acids is 3. The van der Waals surface area contributed by atoms with E-state index in [-0.39, 0.29) is 28.8 Å². The maximum absolute atomic E-state index is 13.0. The van der Waals surface area contributed by atoms with Crippen molar-refractivity contribution >= 4 is 58.7 Å². The Hall–Kier alpha value is -3.08. The average molecular weight is 521 g/mol. The molecule has 2 aromatic carbocycles. The second-order valence-electron chi connectivity index (χ2n) is 6.36. The van der Waals surface area contributed by atoms with Crippen LogP contribution >= 0.6 is 34.8 Å². The number of rotatable bonds is 5. The highest BCUT2D eigenvalue weighted by Crippen LogP contribution is 2.39. The molecule has 0 unspecified atom stereocenters. The van der Waals surface area contributed by atoms with Gasteiger partial charge >= 0.3 is 12.1 Å². The summed E-state index contributed by atoms with van der Waals surface area (Å²) in [5.74, 6) is -1.67. The van der Waals surface area contributed by atoms with Crippen LogP contribution < -0.4 is 5.32 Å². The van der Waals surface area contributed by atoms with E-state index in [0.29, 0.717) is 12.1 Å². The van der Waals surface area contributed by atoms with Crippen LogP contribution in [-0.4, -0.2) is 35.1 Å². The van der Waals surface area contributed by atoms with Crippen LogP contribution in [0.15, 0.2) is 36.4 Å². The highest BCUT2D eigenvalue weighted by atomic mass is 35.5. The largest absolute Gasteiger partial charge is 0.465 e. The lowest BCUT2D eigenvalue weighted by Crippen LogP contribution is -2.17. The van der Waals surface area contributed by atoms with Crippen LogP contribution in [0.5, 0.6) is 0 Å². The minimum Gasteiger partial charge on any atom is -0.465 e. The first-order valence-corrected chi connectivity index (χ1v) is 9.92. The molecule has 0 saturated carbocycles. The van der Waals surface area contributed by atoms with E-state index in [9.17, 15) is 27.6 Å². The maximum Gasteiger partial charge on any atom is 0.416 e. The maximum atomic E-state index is 13.0. The molecule has 1 amide bonds. The number of para-hydroxylation sites is 1. The van der Waals surface area contributed by atoms with Gasteiger partial charge in [0.05, 0.1) is 39.5 Å². The van der Waals surface area contributed by atoms with Crippen molar-refractivity contribution in [1.29, 1.82) is 0 Å². The number of halogens is 6. The lowest BCUT2D eigenvalue weighted by Gasteiger charge is -2.13. The molecule has 0 bridgehead atoms. The summed E-state index contributed by atoms with van der Waals surface area (Å²) in [5.41, 5.74) is -2.16. The average Bonchev–Trinajstić information content (AvgIpc) is 3.08. The molecule has 172 valence electrons. The third-order valence-corrected chi connectivity index (χ3v) is 5.27. The van der Waals surface area contributed by atoms with Gasteiger partial charge in [0.1, 0.15) is 10.8 Å². The summed E-state index contributed by atoms with van der Waals surface area (Å²) in [6.07, 6.45) is -4.48. The van der Waals surface area contributed by atoms with Crippen LogP contribution in [0.2, 0.25) is 15.2 Å². The van der Waals surface area contributed by atoms with Crippen LogP contribution in [0.1, 0.15) is 36.8 Å². The summed E-state index contributed by atoms with van der Waals surface area (Å²) < 4.78 is 44.5. The number of alkyl halides is 3. The van der Waals surface area contributed by atoms with Gasteiger partial charge in [0.2, 0.25) is 0 Å². The predicted octanol–water partition coefficient (Wildman–Crippen LogP) is 5.70. The summed E-state index contributed by atoms with van der Waals surface area (Å²) in [6.45, 7) is 0. The fraction of sp³-hybridized carbons (Fsp3) is 0.100. The summed E-state index contributed by atoms with van der Waals surface area (Å²) in [6, 6.07) is 7.10. The zero-order chi connectivity index (χ0) is 24.5. The quantitative estimate of drug-likeness (QED) is 0.344. The fourth-order valence-electron chi connectivity index (χ4n) is 2.82. The van der Waals surface area contributed by atoms with Gasteiger partial charge in [0, 0.05) is 0 Å². The van der Waals surface area contributed by atoms with Gasteiger partial charge in [-0.25, -0.2) is 9.48 Å². The summed E-state index contributed by atoms with van der Waals surface area (Å²) in [4.78, 5) is 36.4. The van der Waals surface area contributed by atoms with Crippen molar-refractivity contribution < 1.29 is 32.3 Å². The monoisotopic (exact) mass is 519 g/mol. The molecule has 3 aromatic rings. The lowest BCUT2D eigenvalue weighted by molar-refractivity contribution is -0.137. The van der Waals surface area contributed by atoms with Gasteiger partial charge in [0.25, 0.3) is 5.91 Å². The Morgan fingerprint density at radius 2 is 1.73 bits per heavy atom. The highest BCUT2D eigenvalue weighted by molar-refractivity contribution is 6.38. The molecule has 7 nitrogen and oxygen atoms in total. The number of ether oxygens (including phenoxy) is 1. The van der Waals surface area contributed by atoms with E-state index in [1.807, 2.05) is 0 Å². The van der Waals surface area contributed by atoms with Crippen molar-refractivity contribution in [2.24, 2.45) is 0 Å². The predicted molar refractivity (Wildman–Crippen MR) is 115 cm³/mol. The molecule has 1 N–H and O–H groups in total. The minimum absolute atomic E-state index is 0.0281. The van der Waals surface area contributed by atoms with Gasteiger partial charge in [-0.05, 0) is 24.3 Å². The first-order chi connectivity index (χ1) is 15.5. The number of hydrogen-bond acceptors (Lipinski definition) is 5. The number of aromatic nitrogens is 2. The number of anilines is 1. The Morgan fingerprint density at radius 3 is 2.27 bits per heavy atom. The number of nitrogens with one attached hydrogen (secondary N) is 1. The fourth-order valence-corrected chi connectivity index (χ4v) is 3.73. The van der Waals surface area contributed by atoms with Crippen LogP contribution in [-0.2, 0) is 10.9 Å². The number of methoxy groups -OCH3 is 1. The Labute approximate surface area is 199 Å². The molecular weight excluding hydrogens is 510 g/mol. The Morgan fingerprint density at radius 1 is 1.12 bits per heavy atom. The molecule has 13 heteroatoms. The summed E-state index contributed by atoms with van der Waals surface area (Å²) >= 11 is 18.1. The van der Waals surface area contributed by atoms with Gasteiger partial charge in [-0.1, -0.05) is 46.9 Å². The number of nitrogens with zero attached hydrogens (tertiary/aromatic N) is 2. The van der Waals surface area contributed by atoms with Crippen LogP contribution in [0.25, 0.3) is 5.69 Å². The molecule has 3 rings (SSSR count). The van der Waals surface area contributed by atoms with Crippen LogP contribution in [0.4, 0.5) is 18.9 Å². The zero-order valence-electron chi connectivity index (χ0n) is 16.3. The van der Waals surface area contributed by atoms with Crippen LogP contribution in [0, 0.1) is 0 Å². The Balaban J connectivity index is 2.08. The molecule has 0 aliphatic carbocycles. The molecule has 1 heterocycles. The van der Waals surface area contributed by atoms with E-state index in [1.54, 1.807) is 6.07 Å². The molecular formula is C20H11Cl3F3N3O4. The molecule has 0 spiro atoms. The van der Waals surface area contributed by atoms with Gasteiger partial charge < -0.3 is 10.1 Å². The second-order valence-corrected chi connectivity index (χ2v) is 7.53. The van der Waals surface area contributed by atoms with E-state index < -0.39 is 44.5 Å². The molecule has 0 atom stereocenters. The van der Waals surface area contributed by atoms with E-state index in [0.717, 1.165) is 11.8 Å². The van der Waals surface area contributed by atoms with Crippen molar-refractivity contribution in [2.75, 3.05) is 12.4 Å². The number of benzene rings is 2. The Kier molecular flexibility index (Phi) is 7.01. The summed E-state index contributed by atoms with van der Waals surface area (Å²) in [5, 5.41) is 4.99. The first kappa shape index (κ1) is 24.6. The van der Waals surface area contributed by atoms with Crippen molar-refractivity contribution in [2.45, 2.75) is 6.18 Å². The van der Waals surface area contributed by atoms with Crippen molar-refractivity contribution in [3.63, 3.8) is 0 Å². The topological polar surface area (TPSA) is 90.3 Å². The number of carbonyl (C=O) groups is 3. The van der Waals surface area contributed by atoms with Crippen molar-refractivity contribution in [1.82, 2.24) is 9.78 Å². The lowest BCUT2D eigenvalue weighted by atomic mass is 10.1. The normalized spacial score (nSPS) is 11.2. The number of esters is 1. The summed E-state index contributed by atoms with van der Waals surface area (Å²) in [7, 11) is 1.16. The molecule has 0 aliphatic heterocycles. The number of amides is 1.